The number of carbonyl (C=O) groups is 1. The van der Waals surface area contributed by atoms with Gasteiger partial charge in [-0.3, -0.25) is 4.79 Å². The highest BCUT2D eigenvalue weighted by Gasteiger charge is 2.22. The second-order valence-electron chi connectivity index (χ2n) is 7.20. The number of rotatable bonds is 8. The van der Waals surface area contributed by atoms with Crippen molar-refractivity contribution < 1.29 is 13.2 Å². The zero-order valence-electron chi connectivity index (χ0n) is 16.4. The first kappa shape index (κ1) is 20.9. The van der Waals surface area contributed by atoms with E-state index in [1.54, 1.807) is 18.2 Å². The molecule has 28 heavy (non-hydrogen) atoms. The van der Waals surface area contributed by atoms with E-state index in [2.05, 4.69) is 23.5 Å². The summed E-state index contributed by atoms with van der Waals surface area (Å²) in [7, 11) is -3.33. The fraction of sp³-hybridized carbons (Fsp3) is 0.409. The first-order chi connectivity index (χ1) is 13.4. The number of hydrogen-bond acceptors (Lipinski definition) is 4. The molecule has 0 saturated heterocycles. The molecule has 2 aromatic carbocycles. The Morgan fingerprint density at radius 1 is 1.14 bits per heavy atom. The normalized spacial score (nSPS) is 14.5. The third-order valence-corrected chi connectivity index (χ3v) is 8.24. The van der Waals surface area contributed by atoms with Crippen molar-refractivity contribution in [3.8, 4) is 0 Å². The van der Waals surface area contributed by atoms with E-state index in [1.807, 2.05) is 19.9 Å². The monoisotopic (exact) mass is 417 g/mol. The number of sulfone groups is 1. The number of nitrogens with one attached hydrogen (secondary N) is 1. The third-order valence-electron chi connectivity index (χ3n) is 4.96. The number of carbonyl (C=O) groups excluding carboxylic acids is 1. The summed E-state index contributed by atoms with van der Waals surface area (Å²) in [6, 6.07) is 13.4. The van der Waals surface area contributed by atoms with Gasteiger partial charge in [-0.05, 0) is 61.4 Å². The number of benzene rings is 2. The van der Waals surface area contributed by atoms with Crippen LogP contribution in [0.1, 0.15) is 43.4 Å². The molecule has 0 saturated carbocycles. The summed E-state index contributed by atoms with van der Waals surface area (Å²) < 4.78 is 25.0. The van der Waals surface area contributed by atoms with E-state index in [4.69, 9.17) is 0 Å². The van der Waals surface area contributed by atoms with Gasteiger partial charge in [0.15, 0.2) is 9.84 Å². The van der Waals surface area contributed by atoms with E-state index in [0.717, 1.165) is 18.4 Å². The number of fused-ring (bicyclic) bond motifs is 1. The largest absolute Gasteiger partial charge is 0.351 e. The molecule has 0 bridgehead atoms. The first-order valence-corrected chi connectivity index (χ1v) is 12.3. The van der Waals surface area contributed by atoms with E-state index in [9.17, 15) is 13.2 Å². The molecule has 0 spiro atoms. The Balaban J connectivity index is 1.63. The van der Waals surface area contributed by atoms with Gasteiger partial charge in [-0.25, -0.2) is 8.42 Å². The first-order valence-electron chi connectivity index (χ1n) is 9.77. The van der Waals surface area contributed by atoms with Crippen LogP contribution in [0.4, 0.5) is 0 Å². The standard InChI is InChI=1S/C22H27NO3S2/c1-3-13-28(25,26)21-10-5-4-9-20(21)27-16(2)22(24)23-15-17-11-12-18-7-6-8-19(18)14-17/h4-5,9-12,14,16H,3,6-8,13,15H2,1-2H3,(H,23,24). The Labute approximate surface area is 172 Å². The average Bonchev–Trinajstić information content (AvgIpc) is 3.14. The highest BCUT2D eigenvalue weighted by molar-refractivity contribution is 8.01. The Bertz CT molecular complexity index is 954. The van der Waals surface area contributed by atoms with Gasteiger partial charge in [0.2, 0.25) is 5.91 Å². The highest BCUT2D eigenvalue weighted by Crippen LogP contribution is 2.31. The second kappa shape index (κ2) is 9.14. The highest BCUT2D eigenvalue weighted by atomic mass is 32.2. The zero-order valence-corrected chi connectivity index (χ0v) is 18.0. The number of thioether (sulfide) groups is 1. The Morgan fingerprint density at radius 2 is 1.89 bits per heavy atom. The van der Waals surface area contributed by atoms with Crippen LogP contribution in [-0.4, -0.2) is 25.3 Å². The van der Waals surface area contributed by atoms with Gasteiger partial charge in [-0.1, -0.05) is 37.3 Å². The fourth-order valence-corrected chi connectivity index (χ4v) is 6.35. The predicted octanol–water partition coefficient (Wildman–Crippen LogP) is 4.16. The van der Waals surface area contributed by atoms with Crippen molar-refractivity contribution in [2.24, 2.45) is 0 Å². The minimum Gasteiger partial charge on any atom is -0.351 e. The lowest BCUT2D eigenvalue weighted by Crippen LogP contribution is -2.30. The van der Waals surface area contributed by atoms with Gasteiger partial charge in [0.1, 0.15) is 0 Å². The minimum atomic E-state index is -3.33. The van der Waals surface area contributed by atoms with Crippen molar-refractivity contribution in [2.45, 2.75) is 61.1 Å². The molecule has 0 heterocycles. The average molecular weight is 418 g/mol. The second-order valence-corrected chi connectivity index (χ2v) is 10.7. The zero-order chi connectivity index (χ0) is 20.1. The summed E-state index contributed by atoms with van der Waals surface area (Å²) in [5.41, 5.74) is 3.92. The molecule has 0 radical (unpaired) electrons. The van der Waals surface area contributed by atoms with Gasteiger partial charge < -0.3 is 5.32 Å². The molecule has 4 nitrogen and oxygen atoms in total. The molecule has 6 heteroatoms. The van der Waals surface area contributed by atoms with Crippen molar-refractivity contribution in [1.29, 1.82) is 0 Å². The molecule has 1 unspecified atom stereocenters. The fourth-order valence-electron chi connectivity index (χ4n) is 3.50. The number of amides is 1. The van der Waals surface area contributed by atoms with Crippen LogP contribution in [0.2, 0.25) is 0 Å². The molecule has 0 aromatic heterocycles. The number of hydrogen-bond donors (Lipinski definition) is 1. The Morgan fingerprint density at radius 3 is 2.68 bits per heavy atom. The summed E-state index contributed by atoms with van der Waals surface area (Å²) in [6.45, 7) is 4.15. The van der Waals surface area contributed by atoms with Crippen LogP contribution in [0, 0.1) is 0 Å². The van der Waals surface area contributed by atoms with Crippen LogP contribution in [0.15, 0.2) is 52.3 Å². The van der Waals surface area contributed by atoms with Crippen LogP contribution >= 0.6 is 11.8 Å². The van der Waals surface area contributed by atoms with Crippen molar-refractivity contribution in [1.82, 2.24) is 5.32 Å². The molecule has 3 rings (SSSR count). The van der Waals surface area contributed by atoms with E-state index < -0.39 is 9.84 Å². The van der Waals surface area contributed by atoms with Crippen molar-refractivity contribution in [3.63, 3.8) is 0 Å². The number of aryl methyl sites for hydroxylation is 2. The van der Waals surface area contributed by atoms with Crippen molar-refractivity contribution >= 4 is 27.5 Å². The van der Waals surface area contributed by atoms with Crippen LogP contribution < -0.4 is 5.32 Å². The predicted molar refractivity (Wildman–Crippen MR) is 114 cm³/mol. The molecule has 150 valence electrons. The summed E-state index contributed by atoms with van der Waals surface area (Å²) >= 11 is 1.30. The van der Waals surface area contributed by atoms with Gasteiger partial charge in [0.05, 0.1) is 15.9 Å². The van der Waals surface area contributed by atoms with Crippen molar-refractivity contribution in [3.05, 3.63) is 59.2 Å². The molecule has 0 aliphatic heterocycles. The topological polar surface area (TPSA) is 63.2 Å². The summed E-state index contributed by atoms with van der Waals surface area (Å²) in [4.78, 5) is 13.5. The van der Waals surface area contributed by atoms with E-state index in [-0.39, 0.29) is 16.9 Å². The maximum absolute atomic E-state index is 12.6. The van der Waals surface area contributed by atoms with Crippen LogP contribution in [0.25, 0.3) is 0 Å². The molecule has 1 amide bonds. The van der Waals surface area contributed by atoms with Crippen LogP contribution in [0.5, 0.6) is 0 Å². The van der Waals surface area contributed by atoms with E-state index in [0.29, 0.717) is 22.8 Å². The molecule has 0 fully saturated rings. The summed E-state index contributed by atoms with van der Waals surface area (Å²) in [5, 5.41) is 2.60. The van der Waals surface area contributed by atoms with Gasteiger partial charge in [-0.2, -0.15) is 0 Å². The lowest BCUT2D eigenvalue weighted by molar-refractivity contribution is -0.120. The van der Waals surface area contributed by atoms with Crippen LogP contribution in [-0.2, 0) is 34.0 Å². The van der Waals surface area contributed by atoms with E-state index in [1.165, 1.54) is 29.3 Å². The molecule has 1 N–H and O–H groups in total. The smallest absolute Gasteiger partial charge is 0.233 e. The lowest BCUT2D eigenvalue weighted by atomic mass is 10.1. The maximum Gasteiger partial charge on any atom is 0.233 e. The van der Waals surface area contributed by atoms with Crippen LogP contribution in [0.3, 0.4) is 0 Å². The SMILES string of the molecule is CCCS(=O)(=O)c1ccccc1SC(C)C(=O)NCc1ccc2c(c1)CCC2. The molecule has 1 atom stereocenters. The summed E-state index contributed by atoms with van der Waals surface area (Å²) in [6.07, 6.45) is 4.04. The molecule has 2 aromatic rings. The summed E-state index contributed by atoms with van der Waals surface area (Å²) in [5.74, 6) is 0.0249. The van der Waals surface area contributed by atoms with Gasteiger partial charge in [0, 0.05) is 11.4 Å². The lowest BCUT2D eigenvalue weighted by Gasteiger charge is -2.15. The van der Waals surface area contributed by atoms with Crippen molar-refractivity contribution in [2.75, 3.05) is 5.75 Å². The quantitative estimate of drug-likeness (QED) is 0.655. The Kier molecular flexibility index (Phi) is 6.83. The van der Waals surface area contributed by atoms with E-state index >= 15 is 0 Å². The van der Waals surface area contributed by atoms with Gasteiger partial charge in [0.25, 0.3) is 0 Å². The van der Waals surface area contributed by atoms with Gasteiger partial charge in [-0.15, -0.1) is 11.8 Å². The third kappa shape index (κ3) is 4.97. The molecular weight excluding hydrogens is 390 g/mol. The van der Waals surface area contributed by atoms with Gasteiger partial charge >= 0.3 is 0 Å². The Hall–Kier alpha value is -1.79. The minimum absolute atomic E-state index is 0.0896. The molecular formula is C22H27NO3S2. The molecule has 1 aliphatic rings. The molecule has 1 aliphatic carbocycles. The maximum atomic E-state index is 12.6.